The van der Waals surface area contributed by atoms with Crippen LogP contribution < -0.4 is 5.73 Å². The minimum atomic E-state index is -1.40. The molecule has 4 N–H and O–H groups in total. The summed E-state index contributed by atoms with van der Waals surface area (Å²) in [6.07, 6.45) is 2.69. The first-order chi connectivity index (χ1) is 5.61. The molecule has 1 rings (SSSR count). The summed E-state index contributed by atoms with van der Waals surface area (Å²) in [4.78, 5) is 10.3. The molecular formula is C8H15NO3. The summed E-state index contributed by atoms with van der Waals surface area (Å²) in [5.74, 6) is -0.684. The Kier molecular flexibility index (Phi) is 3.05. The summed E-state index contributed by atoms with van der Waals surface area (Å²) in [5, 5.41) is 17.5. The minimum Gasteiger partial charge on any atom is -0.479 e. The second kappa shape index (κ2) is 3.87. The Morgan fingerprint density at radius 1 is 1.58 bits per heavy atom. The van der Waals surface area contributed by atoms with E-state index in [1.165, 1.54) is 6.42 Å². The van der Waals surface area contributed by atoms with Crippen LogP contribution in [0.1, 0.15) is 25.7 Å². The number of aliphatic hydroxyl groups excluding tert-OH is 1. The Hall–Kier alpha value is -0.610. The molecule has 4 nitrogen and oxygen atoms in total. The van der Waals surface area contributed by atoms with Crippen LogP contribution in [0.2, 0.25) is 0 Å². The summed E-state index contributed by atoms with van der Waals surface area (Å²) < 4.78 is 0. The molecule has 0 aliphatic heterocycles. The molecule has 0 radical (unpaired) electrons. The molecule has 1 fully saturated rings. The van der Waals surface area contributed by atoms with E-state index in [4.69, 9.17) is 15.9 Å². The van der Waals surface area contributed by atoms with E-state index in [1.807, 2.05) is 0 Å². The molecule has 0 amide bonds. The highest BCUT2D eigenvalue weighted by atomic mass is 16.4. The van der Waals surface area contributed by atoms with Gasteiger partial charge in [-0.25, -0.2) is 4.79 Å². The number of carbonyl (C=O) groups is 1. The van der Waals surface area contributed by atoms with E-state index in [-0.39, 0.29) is 0 Å². The van der Waals surface area contributed by atoms with Crippen LogP contribution in [0.5, 0.6) is 0 Å². The first-order valence-corrected chi connectivity index (χ1v) is 4.27. The van der Waals surface area contributed by atoms with Gasteiger partial charge in [0.2, 0.25) is 0 Å². The normalized spacial score (nSPS) is 22.8. The molecule has 0 aromatic carbocycles. The minimum absolute atomic E-state index is 0.536. The number of carboxylic acids is 1. The van der Waals surface area contributed by atoms with Gasteiger partial charge in [-0.2, -0.15) is 0 Å². The SMILES string of the molecule is N[C@H](CC1CCC1)[C@@H](O)C(=O)O. The number of nitrogens with two attached hydrogens (primary N) is 1. The number of rotatable bonds is 4. The third kappa shape index (κ3) is 2.19. The van der Waals surface area contributed by atoms with Gasteiger partial charge in [-0.05, 0) is 12.3 Å². The molecule has 0 spiro atoms. The van der Waals surface area contributed by atoms with Crippen molar-refractivity contribution in [2.45, 2.75) is 37.8 Å². The number of hydrogen-bond acceptors (Lipinski definition) is 3. The lowest BCUT2D eigenvalue weighted by atomic mass is 9.80. The molecule has 0 aromatic rings. The van der Waals surface area contributed by atoms with Crippen molar-refractivity contribution in [3.05, 3.63) is 0 Å². The third-order valence-electron chi connectivity index (χ3n) is 2.49. The predicted molar refractivity (Wildman–Crippen MR) is 43.6 cm³/mol. The first kappa shape index (κ1) is 9.48. The monoisotopic (exact) mass is 173 g/mol. The average Bonchev–Trinajstić information content (AvgIpc) is 1.94. The quantitative estimate of drug-likeness (QED) is 0.556. The largest absolute Gasteiger partial charge is 0.479 e. The highest BCUT2D eigenvalue weighted by molar-refractivity contribution is 5.72. The Bertz CT molecular complexity index is 168. The van der Waals surface area contributed by atoms with Crippen molar-refractivity contribution in [2.24, 2.45) is 11.7 Å². The summed E-state index contributed by atoms with van der Waals surface area (Å²) in [7, 11) is 0. The fourth-order valence-corrected chi connectivity index (χ4v) is 1.43. The Labute approximate surface area is 71.4 Å². The summed E-state index contributed by atoms with van der Waals surface area (Å²) >= 11 is 0. The van der Waals surface area contributed by atoms with Crippen LogP contribution in [0.4, 0.5) is 0 Å². The smallest absolute Gasteiger partial charge is 0.334 e. The van der Waals surface area contributed by atoms with Gasteiger partial charge in [-0.15, -0.1) is 0 Å². The topological polar surface area (TPSA) is 83.5 Å². The zero-order valence-corrected chi connectivity index (χ0v) is 6.94. The maximum atomic E-state index is 10.3. The zero-order chi connectivity index (χ0) is 9.14. The molecule has 0 heterocycles. The van der Waals surface area contributed by atoms with Crippen LogP contribution in [0, 0.1) is 5.92 Å². The van der Waals surface area contributed by atoms with Gasteiger partial charge in [0.05, 0.1) is 0 Å². The fraction of sp³-hybridized carbons (Fsp3) is 0.875. The van der Waals surface area contributed by atoms with Crippen LogP contribution in [-0.2, 0) is 4.79 Å². The van der Waals surface area contributed by atoms with Crippen molar-refractivity contribution in [3.63, 3.8) is 0 Å². The van der Waals surface area contributed by atoms with Gasteiger partial charge in [0.1, 0.15) is 0 Å². The molecule has 12 heavy (non-hydrogen) atoms. The highest BCUT2D eigenvalue weighted by Gasteiger charge is 2.27. The summed E-state index contributed by atoms with van der Waals surface area (Å²) in [6, 6.07) is -0.604. The molecule has 1 saturated carbocycles. The van der Waals surface area contributed by atoms with E-state index >= 15 is 0 Å². The van der Waals surface area contributed by atoms with Gasteiger partial charge in [-0.3, -0.25) is 0 Å². The van der Waals surface area contributed by atoms with Crippen LogP contribution >= 0.6 is 0 Å². The third-order valence-corrected chi connectivity index (χ3v) is 2.49. The lowest BCUT2D eigenvalue weighted by molar-refractivity contribution is -0.148. The standard InChI is InChI=1S/C8H15NO3/c9-6(7(10)8(11)12)4-5-2-1-3-5/h5-7,10H,1-4,9H2,(H,11,12)/t6-,7-/m1/s1. The van der Waals surface area contributed by atoms with Crippen LogP contribution in [0.3, 0.4) is 0 Å². The van der Waals surface area contributed by atoms with Crippen LogP contribution in [0.25, 0.3) is 0 Å². The second-order valence-electron chi connectivity index (χ2n) is 3.48. The second-order valence-corrected chi connectivity index (χ2v) is 3.48. The average molecular weight is 173 g/mol. The van der Waals surface area contributed by atoms with Gasteiger partial charge < -0.3 is 15.9 Å². The molecule has 70 valence electrons. The van der Waals surface area contributed by atoms with Crippen molar-refractivity contribution in [1.82, 2.24) is 0 Å². The van der Waals surface area contributed by atoms with Crippen LogP contribution in [-0.4, -0.2) is 28.3 Å². The van der Waals surface area contributed by atoms with E-state index in [2.05, 4.69) is 0 Å². The van der Waals surface area contributed by atoms with E-state index in [0.29, 0.717) is 12.3 Å². The van der Waals surface area contributed by atoms with Crippen molar-refractivity contribution in [1.29, 1.82) is 0 Å². The Morgan fingerprint density at radius 3 is 2.50 bits per heavy atom. The molecule has 1 aliphatic carbocycles. The number of carboxylic acid groups (broad SMARTS) is 1. The van der Waals surface area contributed by atoms with Crippen molar-refractivity contribution < 1.29 is 15.0 Å². The predicted octanol–water partition coefficient (Wildman–Crippen LogP) is -0.0506. The Balaban J connectivity index is 2.25. The number of hydrogen-bond donors (Lipinski definition) is 3. The van der Waals surface area contributed by atoms with Gasteiger partial charge in [0, 0.05) is 6.04 Å². The molecule has 0 bridgehead atoms. The summed E-state index contributed by atoms with van der Waals surface area (Å²) in [6.45, 7) is 0. The zero-order valence-electron chi connectivity index (χ0n) is 6.94. The molecule has 1 aliphatic rings. The van der Waals surface area contributed by atoms with E-state index in [0.717, 1.165) is 12.8 Å². The molecule has 4 heteroatoms. The van der Waals surface area contributed by atoms with Gasteiger partial charge in [0.25, 0.3) is 0 Å². The first-order valence-electron chi connectivity index (χ1n) is 4.27. The molecule has 0 unspecified atom stereocenters. The number of aliphatic hydroxyl groups is 1. The Morgan fingerprint density at radius 2 is 2.17 bits per heavy atom. The molecule has 0 saturated heterocycles. The maximum absolute atomic E-state index is 10.3. The van der Waals surface area contributed by atoms with Crippen molar-refractivity contribution in [3.8, 4) is 0 Å². The lowest BCUT2D eigenvalue weighted by Gasteiger charge is -2.28. The van der Waals surface area contributed by atoms with Gasteiger partial charge in [0.15, 0.2) is 6.10 Å². The molecular weight excluding hydrogens is 158 g/mol. The van der Waals surface area contributed by atoms with E-state index in [1.54, 1.807) is 0 Å². The molecule has 2 atom stereocenters. The number of aliphatic carboxylic acids is 1. The van der Waals surface area contributed by atoms with Gasteiger partial charge in [-0.1, -0.05) is 19.3 Å². The van der Waals surface area contributed by atoms with Crippen molar-refractivity contribution in [2.75, 3.05) is 0 Å². The fourth-order valence-electron chi connectivity index (χ4n) is 1.43. The maximum Gasteiger partial charge on any atom is 0.334 e. The summed E-state index contributed by atoms with van der Waals surface area (Å²) in [5.41, 5.74) is 5.50. The van der Waals surface area contributed by atoms with E-state index in [9.17, 15) is 4.79 Å². The van der Waals surface area contributed by atoms with Gasteiger partial charge >= 0.3 is 5.97 Å². The van der Waals surface area contributed by atoms with Crippen molar-refractivity contribution >= 4 is 5.97 Å². The van der Waals surface area contributed by atoms with E-state index < -0.39 is 18.1 Å². The lowest BCUT2D eigenvalue weighted by Crippen LogP contribution is -2.42. The van der Waals surface area contributed by atoms with Crippen LogP contribution in [0.15, 0.2) is 0 Å². The molecule has 0 aromatic heterocycles. The highest BCUT2D eigenvalue weighted by Crippen LogP contribution is 2.30.